The zero-order valence-corrected chi connectivity index (χ0v) is 24.7. The second-order valence-electron chi connectivity index (χ2n) is 9.29. The van der Waals surface area contributed by atoms with E-state index in [1.807, 2.05) is 56.3 Å². The third-order valence-corrected chi connectivity index (χ3v) is 7.36. The molecule has 0 saturated heterocycles. The average Bonchev–Trinajstić information content (AvgIpc) is 3.25. The Hall–Kier alpha value is -4.38. The third-order valence-electron chi connectivity index (χ3n) is 6.38. The predicted molar refractivity (Wildman–Crippen MR) is 156 cm³/mol. The van der Waals surface area contributed by atoms with Gasteiger partial charge in [0.25, 0.3) is 5.56 Å². The van der Waals surface area contributed by atoms with Crippen LogP contribution >= 0.6 is 11.3 Å². The van der Waals surface area contributed by atoms with Crippen molar-refractivity contribution in [3.8, 4) is 11.5 Å². The lowest BCUT2D eigenvalue weighted by Crippen LogP contribution is -2.40. The Morgan fingerprint density at radius 1 is 1.05 bits per heavy atom. The van der Waals surface area contributed by atoms with Crippen LogP contribution < -0.4 is 29.3 Å². The fourth-order valence-electron chi connectivity index (χ4n) is 4.40. The summed E-state index contributed by atoms with van der Waals surface area (Å²) >= 11 is 1.25. The Labute approximate surface area is 241 Å². The van der Waals surface area contributed by atoms with Crippen molar-refractivity contribution >= 4 is 35.0 Å². The molecule has 2 aromatic carbocycles. The summed E-state index contributed by atoms with van der Waals surface area (Å²) in [5.74, 6) is -0.415. The summed E-state index contributed by atoms with van der Waals surface area (Å²) in [5.41, 5.74) is 2.94. The zero-order valence-electron chi connectivity index (χ0n) is 23.9. The van der Waals surface area contributed by atoms with Gasteiger partial charge in [-0.05, 0) is 62.2 Å². The molecule has 0 spiro atoms. The maximum Gasteiger partial charge on any atom is 0.343 e. The lowest BCUT2D eigenvalue weighted by Gasteiger charge is -2.25. The number of thiazole rings is 1. The van der Waals surface area contributed by atoms with Crippen LogP contribution in [0.25, 0.3) is 6.08 Å². The van der Waals surface area contributed by atoms with Gasteiger partial charge >= 0.3 is 11.9 Å². The number of carbonyl (C=O) groups is 2. The smallest absolute Gasteiger partial charge is 0.343 e. The van der Waals surface area contributed by atoms with Crippen molar-refractivity contribution < 1.29 is 28.5 Å². The molecule has 0 radical (unpaired) electrons. The van der Waals surface area contributed by atoms with E-state index in [2.05, 4.69) is 9.73 Å². The number of hydrogen-bond acceptors (Lipinski definition) is 10. The zero-order chi connectivity index (χ0) is 29.7. The molecule has 4 rings (SSSR count). The second kappa shape index (κ2) is 12.9. The maximum atomic E-state index is 13.9. The first-order valence-electron chi connectivity index (χ1n) is 13.1. The monoisotopic (exact) mass is 579 g/mol. The van der Waals surface area contributed by atoms with E-state index in [0.717, 1.165) is 11.3 Å². The van der Waals surface area contributed by atoms with E-state index >= 15 is 0 Å². The van der Waals surface area contributed by atoms with Crippen molar-refractivity contribution in [2.45, 2.75) is 26.8 Å². The highest BCUT2D eigenvalue weighted by Crippen LogP contribution is 2.36. The standard InChI is InChI=1S/C30H33N3O7S/c1-7-38-23-16-20(11-14-22(23)40-17-25(34)37-6)27-26(29(36)39-8-2)18(3)31-30-33(27)28(35)24(41-30)15-19-9-12-21(13-10-19)32(4)5/h9-16,27H,7-8,17H2,1-6H3/b24-15-/t27-/m0/s1. The van der Waals surface area contributed by atoms with Crippen molar-refractivity contribution in [3.63, 3.8) is 0 Å². The second-order valence-corrected chi connectivity index (χ2v) is 10.3. The van der Waals surface area contributed by atoms with Gasteiger partial charge in [-0.2, -0.15) is 0 Å². The normalized spacial score (nSPS) is 14.7. The quantitative estimate of drug-likeness (QED) is 0.338. The number of carbonyl (C=O) groups excluding carboxylic acids is 2. The summed E-state index contributed by atoms with van der Waals surface area (Å²) in [6, 6.07) is 12.1. The summed E-state index contributed by atoms with van der Waals surface area (Å²) in [6.07, 6.45) is 1.82. The Balaban J connectivity index is 1.87. The lowest BCUT2D eigenvalue weighted by atomic mass is 9.95. The molecular weight excluding hydrogens is 546 g/mol. The molecule has 1 aliphatic rings. The molecule has 2 heterocycles. The first-order chi connectivity index (χ1) is 19.7. The van der Waals surface area contributed by atoms with Crippen LogP contribution in [0.2, 0.25) is 0 Å². The van der Waals surface area contributed by atoms with Crippen LogP contribution in [-0.4, -0.2) is 57.5 Å². The van der Waals surface area contributed by atoms with Gasteiger partial charge in [-0.25, -0.2) is 14.6 Å². The molecule has 0 amide bonds. The number of anilines is 1. The van der Waals surface area contributed by atoms with Crippen LogP contribution in [0.4, 0.5) is 5.69 Å². The van der Waals surface area contributed by atoms with Gasteiger partial charge in [0.15, 0.2) is 22.9 Å². The number of methoxy groups -OCH3 is 1. The van der Waals surface area contributed by atoms with E-state index in [1.165, 1.54) is 23.0 Å². The number of hydrogen-bond donors (Lipinski definition) is 0. The molecule has 1 atom stereocenters. The SMILES string of the molecule is CCOC(=O)C1=C(C)N=c2s/c(=C\c3ccc(N(C)C)cc3)c(=O)n2[C@H]1c1ccc(OCC(=O)OC)c(OCC)c1. The van der Waals surface area contributed by atoms with E-state index < -0.39 is 18.0 Å². The number of rotatable bonds is 10. The highest BCUT2D eigenvalue weighted by atomic mass is 32.1. The van der Waals surface area contributed by atoms with Gasteiger partial charge in [0, 0.05) is 19.8 Å². The minimum atomic E-state index is -0.822. The first-order valence-corrected chi connectivity index (χ1v) is 13.9. The highest BCUT2D eigenvalue weighted by Gasteiger charge is 2.34. The topological polar surface area (TPSA) is 109 Å². The summed E-state index contributed by atoms with van der Waals surface area (Å²) in [5, 5.41) is 0. The number of aromatic nitrogens is 1. The number of allylic oxidation sites excluding steroid dienone is 1. The van der Waals surface area contributed by atoms with E-state index in [4.69, 9.17) is 14.2 Å². The van der Waals surface area contributed by atoms with Crippen molar-refractivity contribution in [1.29, 1.82) is 0 Å². The molecule has 41 heavy (non-hydrogen) atoms. The Bertz CT molecular complexity index is 1650. The molecule has 3 aromatic rings. The van der Waals surface area contributed by atoms with E-state index in [9.17, 15) is 14.4 Å². The fraction of sp³-hybridized carbons (Fsp3) is 0.333. The molecular formula is C30H33N3O7S. The number of nitrogens with zero attached hydrogens (tertiary/aromatic N) is 3. The molecule has 1 aromatic heterocycles. The molecule has 0 fully saturated rings. The van der Waals surface area contributed by atoms with Crippen LogP contribution in [0.15, 0.2) is 63.5 Å². The molecule has 0 saturated carbocycles. The molecule has 216 valence electrons. The molecule has 0 unspecified atom stereocenters. The van der Waals surface area contributed by atoms with Crippen LogP contribution in [0.1, 0.15) is 37.9 Å². The Morgan fingerprint density at radius 3 is 2.41 bits per heavy atom. The van der Waals surface area contributed by atoms with Crippen LogP contribution in [0, 0.1) is 0 Å². The van der Waals surface area contributed by atoms with Crippen molar-refractivity contribution in [2.75, 3.05) is 45.9 Å². The van der Waals surface area contributed by atoms with Crippen LogP contribution in [0.3, 0.4) is 0 Å². The number of fused-ring (bicyclic) bond motifs is 1. The largest absolute Gasteiger partial charge is 0.490 e. The molecule has 10 nitrogen and oxygen atoms in total. The summed E-state index contributed by atoms with van der Waals surface area (Å²) in [6.45, 7) is 5.47. The van der Waals surface area contributed by atoms with Gasteiger partial charge in [-0.1, -0.05) is 29.5 Å². The molecule has 1 aliphatic heterocycles. The number of ether oxygens (including phenoxy) is 4. The summed E-state index contributed by atoms with van der Waals surface area (Å²) in [4.78, 5) is 45.8. The van der Waals surface area contributed by atoms with E-state index in [1.54, 1.807) is 32.0 Å². The van der Waals surface area contributed by atoms with Gasteiger partial charge in [-0.15, -0.1) is 0 Å². The summed E-state index contributed by atoms with van der Waals surface area (Å²) in [7, 11) is 5.20. The number of esters is 2. The minimum Gasteiger partial charge on any atom is -0.490 e. The Morgan fingerprint density at radius 2 is 1.78 bits per heavy atom. The van der Waals surface area contributed by atoms with E-state index in [-0.39, 0.29) is 24.3 Å². The van der Waals surface area contributed by atoms with Gasteiger partial charge in [-0.3, -0.25) is 9.36 Å². The van der Waals surface area contributed by atoms with Crippen molar-refractivity contribution in [2.24, 2.45) is 4.99 Å². The van der Waals surface area contributed by atoms with Gasteiger partial charge in [0.05, 0.1) is 42.2 Å². The maximum absolute atomic E-state index is 13.9. The van der Waals surface area contributed by atoms with E-state index in [0.29, 0.717) is 38.7 Å². The lowest BCUT2D eigenvalue weighted by molar-refractivity contribution is -0.143. The van der Waals surface area contributed by atoms with Gasteiger partial charge < -0.3 is 23.8 Å². The molecule has 0 bridgehead atoms. The average molecular weight is 580 g/mol. The highest BCUT2D eigenvalue weighted by molar-refractivity contribution is 7.07. The first kappa shape index (κ1) is 29.6. The van der Waals surface area contributed by atoms with Crippen LogP contribution in [0.5, 0.6) is 11.5 Å². The fourth-order valence-corrected chi connectivity index (χ4v) is 5.45. The molecule has 0 N–H and O–H groups in total. The van der Waals surface area contributed by atoms with Crippen molar-refractivity contribution in [1.82, 2.24) is 4.57 Å². The van der Waals surface area contributed by atoms with Crippen molar-refractivity contribution in [3.05, 3.63) is 84.5 Å². The van der Waals surface area contributed by atoms with Gasteiger partial charge in [0.1, 0.15) is 0 Å². The van der Waals surface area contributed by atoms with Crippen LogP contribution in [-0.2, 0) is 19.1 Å². The molecule has 0 aliphatic carbocycles. The Kier molecular flexibility index (Phi) is 9.28. The van der Waals surface area contributed by atoms with Gasteiger partial charge in [0.2, 0.25) is 0 Å². The third kappa shape index (κ3) is 6.35. The summed E-state index contributed by atoms with van der Waals surface area (Å²) < 4.78 is 23.5. The predicted octanol–water partition coefficient (Wildman–Crippen LogP) is 2.81. The number of benzene rings is 2. The minimum absolute atomic E-state index is 0.167. The molecule has 11 heteroatoms.